The Labute approximate surface area is 101 Å². The van der Waals surface area contributed by atoms with E-state index in [1.807, 2.05) is 0 Å². The van der Waals surface area contributed by atoms with Crippen molar-refractivity contribution in [3.63, 3.8) is 0 Å². The van der Waals surface area contributed by atoms with Gasteiger partial charge in [0.2, 0.25) is 0 Å². The third kappa shape index (κ3) is 4.44. The molecule has 0 aliphatic heterocycles. The van der Waals surface area contributed by atoms with Crippen molar-refractivity contribution in [2.75, 3.05) is 12.0 Å². The maximum atomic E-state index is 13.5. The summed E-state index contributed by atoms with van der Waals surface area (Å²) >= 11 is 0. The fraction of sp³-hybridized carbons (Fsp3) is 0.500. The first-order valence-corrected chi connectivity index (χ1v) is 7.43. The summed E-state index contributed by atoms with van der Waals surface area (Å²) in [5.41, 5.74) is -1.13. The summed E-state index contributed by atoms with van der Waals surface area (Å²) < 4.78 is 35.4. The molecule has 5 heteroatoms. The van der Waals surface area contributed by atoms with Crippen molar-refractivity contribution in [2.45, 2.75) is 25.4 Å². The molecule has 1 unspecified atom stereocenters. The fourth-order valence-electron chi connectivity index (χ4n) is 1.71. The highest BCUT2D eigenvalue weighted by Gasteiger charge is 2.26. The van der Waals surface area contributed by atoms with Gasteiger partial charge in [0, 0.05) is 17.6 Å². The molecule has 3 nitrogen and oxygen atoms in total. The summed E-state index contributed by atoms with van der Waals surface area (Å²) in [6.45, 7) is 1.49. The van der Waals surface area contributed by atoms with Crippen molar-refractivity contribution in [3.8, 4) is 0 Å². The lowest BCUT2D eigenvalue weighted by Gasteiger charge is -2.24. The van der Waals surface area contributed by atoms with Gasteiger partial charge in [-0.05, 0) is 25.8 Å². The van der Waals surface area contributed by atoms with Crippen molar-refractivity contribution in [1.82, 2.24) is 0 Å². The highest BCUT2D eigenvalue weighted by atomic mass is 32.2. The van der Waals surface area contributed by atoms with Crippen molar-refractivity contribution >= 4 is 9.84 Å². The number of rotatable bonds is 5. The van der Waals surface area contributed by atoms with Crippen LogP contribution in [0.15, 0.2) is 24.3 Å². The lowest BCUT2D eigenvalue weighted by molar-refractivity contribution is 0.0435. The van der Waals surface area contributed by atoms with E-state index in [0.717, 1.165) is 6.26 Å². The minimum atomic E-state index is -3.04. The molecule has 0 radical (unpaired) electrons. The summed E-state index contributed by atoms with van der Waals surface area (Å²) in [5, 5.41) is 10.1. The van der Waals surface area contributed by atoms with Gasteiger partial charge in [0.25, 0.3) is 0 Å². The molecule has 17 heavy (non-hydrogen) atoms. The number of benzene rings is 1. The van der Waals surface area contributed by atoms with E-state index in [-0.39, 0.29) is 17.7 Å². The van der Waals surface area contributed by atoms with Crippen LogP contribution in [0.1, 0.15) is 25.3 Å². The molecule has 0 fully saturated rings. The van der Waals surface area contributed by atoms with Crippen molar-refractivity contribution in [2.24, 2.45) is 0 Å². The predicted octanol–water partition coefficient (Wildman–Crippen LogP) is 1.86. The van der Waals surface area contributed by atoms with E-state index in [9.17, 15) is 17.9 Å². The van der Waals surface area contributed by atoms with Crippen LogP contribution in [0.5, 0.6) is 0 Å². The fourth-order valence-corrected chi connectivity index (χ4v) is 2.38. The van der Waals surface area contributed by atoms with Crippen molar-refractivity contribution in [1.29, 1.82) is 0 Å². The molecule has 1 aromatic rings. The molecule has 0 spiro atoms. The van der Waals surface area contributed by atoms with E-state index >= 15 is 0 Å². The monoisotopic (exact) mass is 260 g/mol. The quantitative estimate of drug-likeness (QED) is 0.879. The standard InChI is InChI=1S/C12H17FO3S/c1-12(14,8-5-9-17(2,15)16)10-6-3-4-7-11(10)13/h3-4,6-7,14H,5,8-9H2,1-2H3. The first kappa shape index (κ1) is 14.1. The van der Waals surface area contributed by atoms with Crippen LogP contribution in [-0.2, 0) is 15.4 Å². The van der Waals surface area contributed by atoms with Crippen LogP contribution in [0.2, 0.25) is 0 Å². The maximum Gasteiger partial charge on any atom is 0.147 e. The molecule has 0 aromatic heterocycles. The molecule has 96 valence electrons. The molecule has 1 aromatic carbocycles. The summed E-state index contributed by atoms with van der Waals surface area (Å²) in [6, 6.07) is 5.98. The summed E-state index contributed by atoms with van der Waals surface area (Å²) in [6.07, 6.45) is 1.66. The Morgan fingerprint density at radius 2 is 1.94 bits per heavy atom. The summed E-state index contributed by atoms with van der Waals surface area (Å²) in [4.78, 5) is 0. The van der Waals surface area contributed by atoms with Gasteiger partial charge in [-0.25, -0.2) is 12.8 Å². The first-order valence-electron chi connectivity index (χ1n) is 5.37. The van der Waals surface area contributed by atoms with E-state index < -0.39 is 21.3 Å². The normalized spacial score (nSPS) is 15.5. The minimum absolute atomic E-state index is 0.00238. The van der Waals surface area contributed by atoms with Gasteiger partial charge in [-0.2, -0.15) is 0 Å². The third-order valence-corrected chi connectivity index (χ3v) is 3.66. The van der Waals surface area contributed by atoms with Gasteiger partial charge < -0.3 is 5.11 Å². The van der Waals surface area contributed by atoms with Crippen LogP contribution in [0.25, 0.3) is 0 Å². The van der Waals surface area contributed by atoms with Crippen molar-refractivity contribution in [3.05, 3.63) is 35.6 Å². The van der Waals surface area contributed by atoms with Crippen LogP contribution < -0.4 is 0 Å². The molecule has 0 saturated heterocycles. The molecule has 0 aliphatic rings. The van der Waals surface area contributed by atoms with Crippen molar-refractivity contribution < 1.29 is 17.9 Å². The Bertz CT molecular complexity index is 480. The molecule has 0 amide bonds. The molecular weight excluding hydrogens is 243 g/mol. The zero-order valence-electron chi connectivity index (χ0n) is 9.98. The predicted molar refractivity (Wildman–Crippen MR) is 64.9 cm³/mol. The Morgan fingerprint density at radius 1 is 1.35 bits per heavy atom. The summed E-state index contributed by atoms with van der Waals surface area (Å²) in [5.74, 6) is -0.478. The second-order valence-electron chi connectivity index (χ2n) is 4.49. The average Bonchev–Trinajstić information content (AvgIpc) is 2.15. The molecule has 0 heterocycles. The van der Waals surface area contributed by atoms with Crippen LogP contribution in [0, 0.1) is 5.82 Å². The van der Waals surface area contributed by atoms with E-state index in [1.165, 1.54) is 19.1 Å². The third-order valence-electron chi connectivity index (χ3n) is 2.63. The Kier molecular flexibility index (Phi) is 4.27. The number of sulfone groups is 1. The van der Waals surface area contributed by atoms with Crippen LogP contribution in [0.3, 0.4) is 0 Å². The van der Waals surface area contributed by atoms with Gasteiger partial charge in [-0.15, -0.1) is 0 Å². The van der Waals surface area contributed by atoms with E-state index in [2.05, 4.69) is 0 Å². The minimum Gasteiger partial charge on any atom is -0.385 e. The van der Waals surface area contributed by atoms with Gasteiger partial charge in [0.15, 0.2) is 0 Å². The highest BCUT2D eigenvalue weighted by molar-refractivity contribution is 7.90. The SMILES string of the molecule is CC(O)(CCCS(C)(=O)=O)c1ccccc1F. The summed E-state index contributed by atoms with van der Waals surface area (Å²) in [7, 11) is -3.04. The van der Waals surface area contributed by atoms with Crippen LogP contribution >= 0.6 is 0 Å². The molecule has 1 atom stereocenters. The van der Waals surface area contributed by atoms with E-state index in [1.54, 1.807) is 12.1 Å². The highest BCUT2D eigenvalue weighted by Crippen LogP contribution is 2.28. The Balaban J connectivity index is 2.72. The zero-order chi connectivity index (χ0) is 13.1. The van der Waals surface area contributed by atoms with Gasteiger partial charge in [0.1, 0.15) is 15.7 Å². The Hall–Kier alpha value is -0.940. The number of hydrogen-bond donors (Lipinski definition) is 1. The van der Waals surface area contributed by atoms with Crippen LogP contribution in [0.4, 0.5) is 4.39 Å². The smallest absolute Gasteiger partial charge is 0.147 e. The average molecular weight is 260 g/mol. The number of hydrogen-bond acceptors (Lipinski definition) is 3. The number of halogens is 1. The van der Waals surface area contributed by atoms with Crippen LogP contribution in [-0.4, -0.2) is 25.5 Å². The molecule has 1 N–H and O–H groups in total. The molecule has 0 aliphatic carbocycles. The first-order chi connectivity index (χ1) is 7.72. The van der Waals surface area contributed by atoms with Gasteiger partial charge >= 0.3 is 0 Å². The maximum absolute atomic E-state index is 13.5. The molecule has 1 rings (SSSR count). The molecule has 0 saturated carbocycles. The Morgan fingerprint density at radius 3 is 2.47 bits per heavy atom. The van der Waals surface area contributed by atoms with E-state index in [0.29, 0.717) is 6.42 Å². The second-order valence-corrected chi connectivity index (χ2v) is 6.75. The topological polar surface area (TPSA) is 54.4 Å². The zero-order valence-corrected chi connectivity index (χ0v) is 10.8. The van der Waals surface area contributed by atoms with Gasteiger partial charge in [0.05, 0.1) is 5.60 Å². The second kappa shape index (κ2) is 5.14. The lowest BCUT2D eigenvalue weighted by atomic mass is 9.91. The lowest BCUT2D eigenvalue weighted by Crippen LogP contribution is -2.23. The van der Waals surface area contributed by atoms with Gasteiger partial charge in [-0.3, -0.25) is 0 Å². The van der Waals surface area contributed by atoms with E-state index in [4.69, 9.17) is 0 Å². The largest absolute Gasteiger partial charge is 0.385 e. The molecule has 0 bridgehead atoms. The molecular formula is C12H17FO3S. The number of aliphatic hydroxyl groups is 1. The van der Waals surface area contributed by atoms with Gasteiger partial charge in [-0.1, -0.05) is 18.2 Å².